The minimum absolute atomic E-state index is 0.128. The molecular formula is C14H25N3O3. The number of carbonyl (C=O) groups is 2. The van der Waals surface area contributed by atoms with Crippen molar-refractivity contribution in [3.63, 3.8) is 0 Å². The first-order chi connectivity index (χ1) is 9.47. The van der Waals surface area contributed by atoms with Gasteiger partial charge in [-0.2, -0.15) is 0 Å². The summed E-state index contributed by atoms with van der Waals surface area (Å²) < 4.78 is 0. The number of hydrogen-bond donors (Lipinski definition) is 1. The summed E-state index contributed by atoms with van der Waals surface area (Å²) in [7, 11) is 4.10. The van der Waals surface area contributed by atoms with Crippen molar-refractivity contribution in [2.75, 3.05) is 40.3 Å². The Labute approximate surface area is 120 Å². The van der Waals surface area contributed by atoms with E-state index in [4.69, 9.17) is 5.11 Å². The van der Waals surface area contributed by atoms with Crippen molar-refractivity contribution < 1.29 is 14.7 Å². The predicted molar refractivity (Wildman–Crippen MR) is 75.6 cm³/mol. The highest BCUT2D eigenvalue weighted by molar-refractivity contribution is 5.75. The molecule has 0 radical (unpaired) electrons. The number of hydrogen-bond acceptors (Lipinski definition) is 3. The Hall–Kier alpha value is -1.30. The van der Waals surface area contributed by atoms with E-state index in [0.29, 0.717) is 19.1 Å². The van der Waals surface area contributed by atoms with E-state index in [1.165, 1.54) is 0 Å². The van der Waals surface area contributed by atoms with Crippen LogP contribution in [-0.2, 0) is 4.79 Å². The van der Waals surface area contributed by atoms with E-state index >= 15 is 0 Å². The van der Waals surface area contributed by atoms with Gasteiger partial charge in [-0.05, 0) is 39.3 Å². The lowest BCUT2D eigenvalue weighted by Gasteiger charge is -2.34. The summed E-state index contributed by atoms with van der Waals surface area (Å²) in [5.74, 6) is -0.507. The van der Waals surface area contributed by atoms with Crippen molar-refractivity contribution in [1.82, 2.24) is 14.7 Å². The van der Waals surface area contributed by atoms with Crippen LogP contribution in [0.1, 0.15) is 25.7 Å². The average molecular weight is 283 g/mol. The molecule has 2 aliphatic heterocycles. The Bertz CT molecular complexity index is 365. The number of likely N-dealkylation sites (N-methyl/N-ethyl adjacent to an activating group) is 1. The van der Waals surface area contributed by atoms with Gasteiger partial charge < -0.3 is 19.8 Å². The summed E-state index contributed by atoms with van der Waals surface area (Å²) in [4.78, 5) is 29.1. The molecule has 0 aromatic carbocycles. The molecule has 114 valence electrons. The van der Waals surface area contributed by atoms with Crippen LogP contribution in [0.25, 0.3) is 0 Å². The maximum absolute atomic E-state index is 12.4. The van der Waals surface area contributed by atoms with Crippen molar-refractivity contribution >= 4 is 12.0 Å². The second kappa shape index (κ2) is 6.43. The number of amides is 2. The van der Waals surface area contributed by atoms with Crippen LogP contribution in [0.5, 0.6) is 0 Å². The smallest absolute Gasteiger partial charge is 0.320 e. The Kier molecular flexibility index (Phi) is 4.86. The molecule has 2 aliphatic rings. The van der Waals surface area contributed by atoms with E-state index in [0.717, 1.165) is 32.4 Å². The first-order valence-corrected chi connectivity index (χ1v) is 7.39. The van der Waals surface area contributed by atoms with Gasteiger partial charge in [0, 0.05) is 38.6 Å². The number of aliphatic carboxylic acids is 1. The van der Waals surface area contributed by atoms with Crippen LogP contribution in [0.4, 0.5) is 4.79 Å². The summed E-state index contributed by atoms with van der Waals surface area (Å²) in [5.41, 5.74) is 0. The summed E-state index contributed by atoms with van der Waals surface area (Å²) in [6, 6.07) is 0.589. The highest BCUT2D eigenvalue weighted by atomic mass is 16.4. The van der Waals surface area contributed by atoms with Crippen molar-refractivity contribution in [1.29, 1.82) is 0 Å². The zero-order valence-electron chi connectivity index (χ0n) is 12.4. The molecule has 0 saturated carbocycles. The number of piperidine rings is 1. The molecule has 0 aliphatic carbocycles. The fourth-order valence-electron chi connectivity index (χ4n) is 3.11. The highest BCUT2D eigenvalue weighted by Gasteiger charge is 2.32. The molecule has 0 aromatic rings. The third-order valence-corrected chi connectivity index (χ3v) is 4.51. The number of rotatable bonds is 3. The first kappa shape index (κ1) is 15.1. The van der Waals surface area contributed by atoms with Gasteiger partial charge >= 0.3 is 12.0 Å². The Morgan fingerprint density at radius 1 is 1.10 bits per heavy atom. The van der Waals surface area contributed by atoms with Crippen LogP contribution in [0.2, 0.25) is 0 Å². The number of nitrogens with zero attached hydrogens (tertiary/aromatic N) is 3. The second-order valence-corrected chi connectivity index (χ2v) is 6.16. The third kappa shape index (κ3) is 3.62. The van der Waals surface area contributed by atoms with Crippen molar-refractivity contribution in [2.45, 2.75) is 31.7 Å². The summed E-state index contributed by atoms with van der Waals surface area (Å²) >= 11 is 0. The van der Waals surface area contributed by atoms with E-state index in [-0.39, 0.29) is 18.4 Å². The molecule has 1 N–H and O–H groups in total. The van der Waals surface area contributed by atoms with E-state index in [9.17, 15) is 9.59 Å². The van der Waals surface area contributed by atoms with E-state index in [2.05, 4.69) is 19.0 Å². The first-order valence-electron chi connectivity index (χ1n) is 7.39. The van der Waals surface area contributed by atoms with Crippen LogP contribution >= 0.6 is 0 Å². The molecule has 0 aromatic heterocycles. The van der Waals surface area contributed by atoms with Crippen molar-refractivity contribution in [2.24, 2.45) is 5.92 Å². The Morgan fingerprint density at radius 3 is 2.20 bits per heavy atom. The quantitative estimate of drug-likeness (QED) is 0.837. The van der Waals surface area contributed by atoms with Crippen LogP contribution in [0, 0.1) is 5.92 Å². The molecule has 1 atom stereocenters. The molecule has 0 bridgehead atoms. The molecule has 2 rings (SSSR count). The van der Waals surface area contributed by atoms with Crippen molar-refractivity contribution in [3.8, 4) is 0 Å². The van der Waals surface area contributed by atoms with Gasteiger partial charge in [-0.3, -0.25) is 4.79 Å². The van der Waals surface area contributed by atoms with Gasteiger partial charge in [0.25, 0.3) is 0 Å². The van der Waals surface area contributed by atoms with E-state index in [1.807, 2.05) is 9.80 Å². The molecule has 6 heteroatoms. The van der Waals surface area contributed by atoms with Crippen molar-refractivity contribution in [3.05, 3.63) is 0 Å². The van der Waals surface area contributed by atoms with Crippen LogP contribution in [-0.4, -0.2) is 78.1 Å². The van der Waals surface area contributed by atoms with Gasteiger partial charge in [0.2, 0.25) is 0 Å². The number of carboxylic acid groups (broad SMARTS) is 1. The second-order valence-electron chi connectivity index (χ2n) is 6.16. The molecule has 1 unspecified atom stereocenters. The molecule has 2 fully saturated rings. The largest absolute Gasteiger partial charge is 0.481 e. The summed E-state index contributed by atoms with van der Waals surface area (Å²) in [6.07, 6.45) is 2.88. The fourth-order valence-corrected chi connectivity index (χ4v) is 3.11. The normalized spacial score (nSPS) is 24.4. The molecule has 20 heavy (non-hydrogen) atoms. The van der Waals surface area contributed by atoms with Gasteiger partial charge in [-0.1, -0.05) is 0 Å². The molecule has 2 amide bonds. The van der Waals surface area contributed by atoms with E-state index < -0.39 is 5.97 Å². The monoisotopic (exact) mass is 283 g/mol. The zero-order valence-corrected chi connectivity index (χ0v) is 12.4. The Morgan fingerprint density at radius 2 is 1.70 bits per heavy atom. The van der Waals surface area contributed by atoms with Gasteiger partial charge in [-0.15, -0.1) is 0 Å². The van der Waals surface area contributed by atoms with Crippen LogP contribution < -0.4 is 0 Å². The highest BCUT2D eigenvalue weighted by Crippen LogP contribution is 2.23. The molecule has 0 spiro atoms. The minimum Gasteiger partial charge on any atom is -0.481 e. The molecule has 2 heterocycles. The van der Waals surface area contributed by atoms with E-state index in [1.54, 1.807) is 0 Å². The van der Waals surface area contributed by atoms with Gasteiger partial charge in [0.1, 0.15) is 0 Å². The lowest BCUT2D eigenvalue weighted by molar-refractivity contribution is -0.138. The summed E-state index contributed by atoms with van der Waals surface area (Å²) in [5, 5.41) is 8.80. The van der Waals surface area contributed by atoms with Crippen LogP contribution in [0.15, 0.2) is 0 Å². The fraction of sp³-hybridized carbons (Fsp3) is 0.857. The average Bonchev–Trinajstić information content (AvgIpc) is 2.88. The molecule has 6 nitrogen and oxygen atoms in total. The number of carbonyl (C=O) groups excluding carboxylic acids is 1. The Balaban J connectivity index is 1.79. The number of urea groups is 1. The van der Waals surface area contributed by atoms with Crippen LogP contribution in [0.3, 0.4) is 0 Å². The SMILES string of the molecule is CN(C)C1CCN(C(=O)N2CCC(CC(=O)O)CC2)C1. The van der Waals surface area contributed by atoms with Gasteiger partial charge in [0.15, 0.2) is 0 Å². The standard InChI is InChI=1S/C14H25N3O3/c1-15(2)12-5-8-17(10-12)14(20)16-6-3-11(4-7-16)9-13(18)19/h11-12H,3-10H2,1-2H3,(H,18,19). The lowest BCUT2D eigenvalue weighted by atomic mass is 9.94. The molecular weight excluding hydrogens is 258 g/mol. The summed E-state index contributed by atoms with van der Waals surface area (Å²) in [6.45, 7) is 3.03. The third-order valence-electron chi connectivity index (χ3n) is 4.51. The topological polar surface area (TPSA) is 64.1 Å². The van der Waals surface area contributed by atoms with Gasteiger partial charge in [-0.25, -0.2) is 4.79 Å². The predicted octanol–water partition coefficient (Wildman–Crippen LogP) is 0.929. The lowest BCUT2D eigenvalue weighted by Crippen LogP contribution is -2.46. The number of likely N-dealkylation sites (tertiary alicyclic amines) is 2. The minimum atomic E-state index is -0.733. The van der Waals surface area contributed by atoms with Gasteiger partial charge in [0.05, 0.1) is 0 Å². The number of carboxylic acids is 1. The maximum Gasteiger partial charge on any atom is 0.320 e. The maximum atomic E-state index is 12.4. The molecule has 2 saturated heterocycles. The zero-order chi connectivity index (χ0) is 14.7.